The van der Waals surface area contributed by atoms with Crippen molar-refractivity contribution in [3.8, 4) is 0 Å². The molecule has 0 spiro atoms. The number of rotatable bonds is 10. The van der Waals surface area contributed by atoms with Crippen molar-refractivity contribution in [2.24, 2.45) is 0 Å². The average molecular weight is 294 g/mol. The highest BCUT2D eigenvalue weighted by Crippen LogP contribution is 2.06. The summed E-state index contributed by atoms with van der Waals surface area (Å²) in [6.45, 7) is 4.49. The fourth-order valence-electron chi connectivity index (χ4n) is 1.59. The molecule has 0 fully saturated rings. The molecule has 0 unspecified atom stereocenters. The minimum Gasteiger partial charge on any atom is -0.354 e. The Kier molecular flexibility index (Phi) is 8.74. The fourth-order valence-corrected chi connectivity index (χ4v) is 2.33. The first-order valence-corrected chi connectivity index (χ1v) is 8.03. The van der Waals surface area contributed by atoms with Gasteiger partial charge in [-0.1, -0.05) is 37.3 Å². The van der Waals surface area contributed by atoms with Gasteiger partial charge in [0, 0.05) is 18.7 Å². The van der Waals surface area contributed by atoms with E-state index in [1.807, 2.05) is 18.2 Å². The van der Waals surface area contributed by atoms with Crippen LogP contribution >= 0.6 is 11.8 Å². The largest absolute Gasteiger partial charge is 0.354 e. The molecule has 0 radical (unpaired) electrons. The van der Waals surface area contributed by atoms with E-state index in [1.165, 1.54) is 11.8 Å². The van der Waals surface area contributed by atoms with E-state index in [-0.39, 0.29) is 11.7 Å². The zero-order chi connectivity index (χ0) is 14.6. The van der Waals surface area contributed by atoms with Gasteiger partial charge in [-0.3, -0.25) is 9.59 Å². The van der Waals surface area contributed by atoms with Crippen LogP contribution in [0.3, 0.4) is 0 Å². The quantitative estimate of drug-likeness (QED) is 0.509. The van der Waals surface area contributed by atoms with Crippen molar-refractivity contribution in [2.45, 2.75) is 13.3 Å². The highest BCUT2D eigenvalue weighted by molar-refractivity contribution is 8.00. The number of thioether (sulfide) groups is 1. The monoisotopic (exact) mass is 294 g/mol. The van der Waals surface area contributed by atoms with Gasteiger partial charge in [-0.15, -0.1) is 11.8 Å². The third-order valence-electron chi connectivity index (χ3n) is 2.61. The van der Waals surface area contributed by atoms with Crippen LogP contribution in [-0.4, -0.2) is 42.8 Å². The Labute approximate surface area is 124 Å². The number of Topliss-reactive ketones (excluding diaryl/α,β-unsaturated/α-hetero) is 1. The van der Waals surface area contributed by atoms with E-state index >= 15 is 0 Å². The Hall–Kier alpha value is -1.33. The van der Waals surface area contributed by atoms with Gasteiger partial charge in [-0.2, -0.15) is 0 Å². The van der Waals surface area contributed by atoms with Crippen molar-refractivity contribution in [3.63, 3.8) is 0 Å². The number of carbonyl (C=O) groups excluding carboxylic acids is 2. The number of hydrogen-bond donors (Lipinski definition) is 2. The van der Waals surface area contributed by atoms with Crippen LogP contribution in [0.2, 0.25) is 0 Å². The zero-order valence-electron chi connectivity index (χ0n) is 11.9. The summed E-state index contributed by atoms with van der Waals surface area (Å²) in [5.74, 6) is 0.708. The Morgan fingerprint density at radius 3 is 2.50 bits per heavy atom. The molecule has 5 heteroatoms. The Morgan fingerprint density at radius 1 is 1.05 bits per heavy atom. The molecule has 1 aromatic rings. The van der Waals surface area contributed by atoms with E-state index < -0.39 is 0 Å². The first-order chi connectivity index (χ1) is 9.74. The van der Waals surface area contributed by atoms with Crippen LogP contribution in [0, 0.1) is 0 Å². The molecule has 0 aliphatic carbocycles. The van der Waals surface area contributed by atoms with Crippen molar-refractivity contribution in [3.05, 3.63) is 35.9 Å². The maximum Gasteiger partial charge on any atom is 0.230 e. The van der Waals surface area contributed by atoms with Gasteiger partial charge in [0.25, 0.3) is 0 Å². The number of amides is 1. The summed E-state index contributed by atoms with van der Waals surface area (Å²) in [7, 11) is 0. The van der Waals surface area contributed by atoms with Crippen LogP contribution in [0.5, 0.6) is 0 Å². The molecule has 110 valence electrons. The summed E-state index contributed by atoms with van der Waals surface area (Å²) in [5.41, 5.74) is 0.698. The molecule has 0 heterocycles. The van der Waals surface area contributed by atoms with Gasteiger partial charge in [-0.05, 0) is 13.0 Å². The molecular weight excluding hydrogens is 272 g/mol. The molecule has 1 rings (SSSR count). The molecule has 0 saturated heterocycles. The molecule has 0 aliphatic heterocycles. The number of carbonyl (C=O) groups is 2. The van der Waals surface area contributed by atoms with Gasteiger partial charge >= 0.3 is 0 Å². The SMILES string of the molecule is CCCNCCNC(=O)CSCC(=O)c1ccccc1. The number of nitrogens with one attached hydrogen (secondary N) is 2. The van der Waals surface area contributed by atoms with Crippen LogP contribution in [-0.2, 0) is 4.79 Å². The topological polar surface area (TPSA) is 58.2 Å². The van der Waals surface area contributed by atoms with Gasteiger partial charge < -0.3 is 10.6 Å². The maximum absolute atomic E-state index is 11.8. The molecule has 0 atom stereocenters. The highest BCUT2D eigenvalue weighted by atomic mass is 32.2. The van der Waals surface area contributed by atoms with Crippen molar-refractivity contribution in [1.29, 1.82) is 0 Å². The van der Waals surface area contributed by atoms with Gasteiger partial charge in [0.15, 0.2) is 5.78 Å². The van der Waals surface area contributed by atoms with E-state index in [9.17, 15) is 9.59 Å². The van der Waals surface area contributed by atoms with Gasteiger partial charge in [0.2, 0.25) is 5.91 Å². The van der Waals surface area contributed by atoms with Gasteiger partial charge in [0.05, 0.1) is 11.5 Å². The minimum atomic E-state index is -0.0193. The molecular formula is C15H22N2O2S. The molecule has 1 amide bonds. The molecule has 1 aromatic carbocycles. The van der Waals surface area contributed by atoms with Crippen LogP contribution in [0.15, 0.2) is 30.3 Å². The van der Waals surface area contributed by atoms with Crippen molar-refractivity contribution in [2.75, 3.05) is 31.1 Å². The number of benzene rings is 1. The average Bonchev–Trinajstić information content (AvgIpc) is 2.48. The second-order valence-electron chi connectivity index (χ2n) is 4.38. The summed E-state index contributed by atoms with van der Waals surface area (Å²) in [4.78, 5) is 23.3. The lowest BCUT2D eigenvalue weighted by Gasteiger charge is -2.06. The van der Waals surface area contributed by atoms with E-state index in [1.54, 1.807) is 12.1 Å². The molecule has 0 aliphatic rings. The Bertz CT molecular complexity index is 410. The second-order valence-corrected chi connectivity index (χ2v) is 5.37. The highest BCUT2D eigenvalue weighted by Gasteiger charge is 2.07. The van der Waals surface area contributed by atoms with Crippen LogP contribution in [0.25, 0.3) is 0 Å². The first kappa shape index (κ1) is 16.7. The molecule has 4 nitrogen and oxygen atoms in total. The lowest BCUT2D eigenvalue weighted by atomic mass is 10.2. The van der Waals surface area contributed by atoms with Gasteiger partial charge in [-0.25, -0.2) is 0 Å². The molecule has 0 bridgehead atoms. The predicted octanol–water partition coefficient (Wildman–Crippen LogP) is 1.72. The normalized spacial score (nSPS) is 10.2. The van der Waals surface area contributed by atoms with E-state index in [0.717, 1.165) is 19.5 Å². The number of hydrogen-bond acceptors (Lipinski definition) is 4. The fraction of sp³-hybridized carbons (Fsp3) is 0.467. The van der Waals surface area contributed by atoms with Crippen molar-refractivity contribution >= 4 is 23.5 Å². The molecule has 0 aromatic heterocycles. The summed E-state index contributed by atoms with van der Waals surface area (Å²) < 4.78 is 0. The van der Waals surface area contributed by atoms with Crippen LogP contribution < -0.4 is 10.6 Å². The Balaban J connectivity index is 2.08. The van der Waals surface area contributed by atoms with Crippen LogP contribution in [0.4, 0.5) is 0 Å². The predicted molar refractivity (Wildman–Crippen MR) is 84.3 cm³/mol. The third kappa shape index (κ3) is 7.31. The summed E-state index contributed by atoms with van der Waals surface area (Å²) in [6.07, 6.45) is 1.09. The third-order valence-corrected chi connectivity index (χ3v) is 3.55. The van der Waals surface area contributed by atoms with Gasteiger partial charge in [0.1, 0.15) is 0 Å². The minimum absolute atomic E-state index is 0.0193. The van der Waals surface area contributed by atoms with Crippen molar-refractivity contribution < 1.29 is 9.59 Å². The zero-order valence-corrected chi connectivity index (χ0v) is 12.7. The van der Waals surface area contributed by atoms with Crippen molar-refractivity contribution in [1.82, 2.24) is 10.6 Å². The summed E-state index contributed by atoms with van der Waals surface area (Å²) in [5, 5.41) is 6.03. The smallest absolute Gasteiger partial charge is 0.230 e. The first-order valence-electron chi connectivity index (χ1n) is 6.87. The van der Waals surface area contributed by atoms with E-state index in [2.05, 4.69) is 17.6 Å². The molecule has 0 saturated carbocycles. The maximum atomic E-state index is 11.8. The second kappa shape index (κ2) is 10.5. The number of ketones is 1. The van der Waals surface area contributed by atoms with E-state index in [0.29, 0.717) is 23.6 Å². The van der Waals surface area contributed by atoms with E-state index in [4.69, 9.17) is 0 Å². The Morgan fingerprint density at radius 2 is 1.80 bits per heavy atom. The molecule has 20 heavy (non-hydrogen) atoms. The molecule has 2 N–H and O–H groups in total. The van der Waals surface area contributed by atoms with Crippen LogP contribution in [0.1, 0.15) is 23.7 Å². The lowest BCUT2D eigenvalue weighted by molar-refractivity contribution is -0.118. The lowest BCUT2D eigenvalue weighted by Crippen LogP contribution is -2.33. The summed E-state index contributed by atoms with van der Waals surface area (Å²) in [6, 6.07) is 9.15. The summed E-state index contributed by atoms with van der Waals surface area (Å²) >= 11 is 1.35. The standard InChI is InChI=1S/C15H22N2O2S/c1-2-8-16-9-10-17-15(19)12-20-11-14(18)13-6-4-3-5-7-13/h3-7,16H,2,8-12H2,1H3,(H,17,19).